The molecule has 0 bridgehead atoms. The van der Waals surface area contributed by atoms with Crippen molar-refractivity contribution in [2.45, 2.75) is 62.8 Å². The highest BCUT2D eigenvalue weighted by atomic mass is 32.2. The Morgan fingerprint density at radius 3 is 2.19 bits per heavy atom. The minimum Gasteiger partial charge on any atom is -0.381 e. The van der Waals surface area contributed by atoms with E-state index in [9.17, 15) is 8.42 Å². The molecule has 5 nitrogen and oxygen atoms in total. The molecule has 26 heavy (non-hydrogen) atoms. The van der Waals surface area contributed by atoms with E-state index in [0.717, 1.165) is 11.3 Å². The predicted molar refractivity (Wildman–Crippen MR) is 106 cm³/mol. The highest BCUT2D eigenvalue weighted by Gasteiger charge is 2.18. The molecule has 1 saturated carbocycles. The van der Waals surface area contributed by atoms with Crippen molar-refractivity contribution in [3.05, 3.63) is 48.2 Å². The first-order valence-corrected chi connectivity index (χ1v) is 10.6. The van der Waals surface area contributed by atoms with E-state index < -0.39 is 10.0 Å². The van der Waals surface area contributed by atoms with Gasteiger partial charge in [-0.15, -0.1) is 0 Å². The van der Waals surface area contributed by atoms with Crippen molar-refractivity contribution < 1.29 is 8.42 Å². The zero-order valence-corrected chi connectivity index (χ0v) is 16.4. The summed E-state index contributed by atoms with van der Waals surface area (Å²) in [6, 6.07) is 11.1. The Labute approximate surface area is 156 Å². The molecule has 1 aromatic heterocycles. The monoisotopic (exact) mass is 373 g/mol. The summed E-state index contributed by atoms with van der Waals surface area (Å²) in [5.41, 5.74) is 2.01. The van der Waals surface area contributed by atoms with Crippen molar-refractivity contribution in [1.82, 2.24) is 4.98 Å². The maximum Gasteiger partial charge on any atom is 0.263 e. The van der Waals surface area contributed by atoms with E-state index in [0.29, 0.717) is 11.9 Å². The van der Waals surface area contributed by atoms with Crippen LogP contribution in [0, 0.1) is 0 Å². The van der Waals surface area contributed by atoms with E-state index in [4.69, 9.17) is 0 Å². The highest BCUT2D eigenvalue weighted by Crippen LogP contribution is 2.25. The smallest absolute Gasteiger partial charge is 0.263 e. The van der Waals surface area contributed by atoms with Crippen LogP contribution in [0.25, 0.3) is 0 Å². The van der Waals surface area contributed by atoms with Gasteiger partial charge < -0.3 is 5.32 Å². The van der Waals surface area contributed by atoms with Crippen LogP contribution in [-0.4, -0.2) is 19.4 Å². The van der Waals surface area contributed by atoms with Crippen molar-refractivity contribution in [1.29, 1.82) is 0 Å². The number of hydrogen-bond acceptors (Lipinski definition) is 4. The summed E-state index contributed by atoms with van der Waals surface area (Å²) in [5, 5.41) is 3.44. The summed E-state index contributed by atoms with van der Waals surface area (Å²) < 4.78 is 27.7. The van der Waals surface area contributed by atoms with E-state index in [1.165, 1.54) is 25.7 Å². The number of aromatic nitrogens is 1. The van der Waals surface area contributed by atoms with Crippen molar-refractivity contribution in [2.75, 3.05) is 10.0 Å². The van der Waals surface area contributed by atoms with Gasteiger partial charge in [0.25, 0.3) is 10.0 Å². The van der Waals surface area contributed by atoms with Crippen LogP contribution in [0.2, 0.25) is 0 Å². The molecule has 0 amide bonds. The van der Waals surface area contributed by atoms with Gasteiger partial charge in [-0.1, -0.05) is 45.7 Å². The third-order valence-electron chi connectivity index (χ3n) is 4.76. The molecule has 0 atom stereocenters. The van der Waals surface area contributed by atoms with Crippen LogP contribution in [0.15, 0.2) is 47.5 Å². The summed E-state index contributed by atoms with van der Waals surface area (Å²) in [7, 11) is -3.64. The summed E-state index contributed by atoms with van der Waals surface area (Å²) in [6.07, 6.45) is 6.56. The van der Waals surface area contributed by atoms with Gasteiger partial charge in [0.15, 0.2) is 0 Å². The fourth-order valence-electron chi connectivity index (χ4n) is 3.18. The van der Waals surface area contributed by atoms with E-state index in [2.05, 4.69) is 35.8 Å². The Kier molecular flexibility index (Phi) is 5.23. The molecule has 0 radical (unpaired) electrons. The highest BCUT2D eigenvalue weighted by molar-refractivity contribution is 7.92. The largest absolute Gasteiger partial charge is 0.381 e. The van der Waals surface area contributed by atoms with Crippen LogP contribution in [0.1, 0.15) is 52.0 Å². The van der Waals surface area contributed by atoms with Crippen LogP contribution < -0.4 is 10.0 Å². The first kappa shape index (κ1) is 18.7. The Balaban J connectivity index is 1.68. The number of rotatable bonds is 5. The first-order valence-electron chi connectivity index (χ1n) is 9.10. The van der Waals surface area contributed by atoms with Crippen molar-refractivity contribution in [3.8, 4) is 0 Å². The second kappa shape index (κ2) is 7.27. The molecule has 2 N–H and O–H groups in total. The Morgan fingerprint density at radius 1 is 1.00 bits per heavy atom. The first-order chi connectivity index (χ1) is 12.2. The topological polar surface area (TPSA) is 71.1 Å². The van der Waals surface area contributed by atoms with Gasteiger partial charge in [-0.2, -0.15) is 0 Å². The summed E-state index contributed by atoms with van der Waals surface area (Å²) in [6.45, 7) is 6.29. The van der Waals surface area contributed by atoms with Gasteiger partial charge in [0, 0.05) is 6.04 Å². The van der Waals surface area contributed by atoms with Crippen molar-refractivity contribution in [3.63, 3.8) is 0 Å². The fraction of sp³-hybridized carbons (Fsp3) is 0.450. The number of benzene rings is 1. The molecule has 1 fully saturated rings. The molecular weight excluding hydrogens is 346 g/mol. The van der Waals surface area contributed by atoms with Gasteiger partial charge in [-0.25, -0.2) is 13.4 Å². The lowest BCUT2D eigenvalue weighted by atomic mass is 9.87. The fourth-order valence-corrected chi connectivity index (χ4v) is 4.18. The zero-order valence-electron chi connectivity index (χ0n) is 15.6. The van der Waals surface area contributed by atoms with Crippen LogP contribution in [-0.2, 0) is 15.4 Å². The standard InChI is InChI=1S/C20H27N3O2S/c1-20(2,3)15-8-11-18(12-9-15)26(24,25)23-19-13-10-17(14-21-19)22-16-6-4-5-7-16/h8-14,16,22H,4-7H2,1-3H3,(H,21,23). The van der Waals surface area contributed by atoms with Crippen molar-refractivity contribution in [2.24, 2.45) is 0 Å². The number of anilines is 2. The molecular formula is C20H27N3O2S. The van der Waals surface area contributed by atoms with E-state index in [1.807, 2.05) is 18.2 Å². The summed E-state index contributed by atoms with van der Waals surface area (Å²) in [4.78, 5) is 4.47. The molecule has 140 valence electrons. The molecule has 1 aliphatic carbocycles. The maximum absolute atomic E-state index is 12.6. The van der Waals surface area contributed by atoms with E-state index >= 15 is 0 Å². The second-order valence-corrected chi connectivity index (χ2v) is 9.62. The van der Waals surface area contributed by atoms with Gasteiger partial charge in [0.2, 0.25) is 0 Å². The minimum absolute atomic E-state index is 0.0145. The lowest BCUT2D eigenvalue weighted by molar-refractivity contribution is 0.587. The molecule has 0 spiro atoms. The van der Waals surface area contributed by atoms with Crippen molar-refractivity contribution >= 4 is 21.5 Å². The number of pyridine rings is 1. The number of nitrogens with one attached hydrogen (secondary N) is 2. The Morgan fingerprint density at radius 2 is 1.65 bits per heavy atom. The third kappa shape index (κ3) is 4.55. The van der Waals surface area contributed by atoms with E-state index in [-0.39, 0.29) is 10.3 Å². The summed E-state index contributed by atoms with van der Waals surface area (Å²) >= 11 is 0. The van der Waals surface area contributed by atoms with Gasteiger partial charge in [0.1, 0.15) is 5.82 Å². The lowest BCUT2D eigenvalue weighted by Gasteiger charge is -2.19. The van der Waals surface area contributed by atoms with Gasteiger partial charge in [-0.05, 0) is 48.1 Å². The molecule has 0 unspecified atom stereocenters. The molecule has 1 aromatic carbocycles. The molecule has 2 aromatic rings. The van der Waals surface area contributed by atoms with Crippen LogP contribution in [0.4, 0.5) is 11.5 Å². The van der Waals surface area contributed by atoms with Crippen LogP contribution in [0.3, 0.4) is 0 Å². The summed E-state index contributed by atoms with van der Waals surface area (Å²) in [5.74, 6) is 0.321. The average molecular weight is 374 g/mol. The zero-order chi connectivity index (χ0) is 18.8. The SMILES string of the molecule is CC(C)(C)c1ccc(S(=O)(=O)Nc2ccc(NC3CCCC3)cn2)cc1. The van der Waals surface area contributed by atoms with E-state index in [1.54, 1.807) is 24.4 Å². The van der Waals surface area contributed by atoms with Gasteiger partial charge >= 0.3 is 0 Å². The Hall–Kier alpha value is -2.08. The average Bonchev–Trinajstić information content (AvgIpc) is 3.09. The third-order valence-corrected chi connectivity index (χ3v) is 6.13. The normalized spacial score (nSPS) is 15.8. The number of hydrogen-bond donors (Lipinski definition) is 2. The molecule has 0 saturated heterocycles. The quantitative estimate of drug-likeness (QED) is 0.807. The molecule has 1 aliphatic rings. The second-order valence-electron chi connectivity index (χ2n) is 7.94. The molecule has 3 rings (SSSR count). The lowest BCUT2D eigenvalue weighted by Crippen LogP contribution is -2.16. The number of sulfonamides is 1. The molecule has 0 aliphatic heterocycles. The Bertz CT molecular complexity index is 832. The maximum atomic E-state index is 12.6. The predicted octanol–water partition coefficient (Wildman–Crippen LogP) is 4.53. The molecule has 6 heteroatoms. The number of nitrogens with zero attached hydrogens (tertiary/aromatic N) is 1. The van der Waals surface area contributed by atoms with Crippen LogP contribution in [0.5, 0.6) is 0 Å². The van der Waals surface area contributed by atoms with Crippen LogP contribution >= 0.6 is 0 Å². The molecule has 1 heterocycles. The minimum atomic E-state index is -3.64. The van der Waals surface area contributed by atoms with Gasteiger partial charge in [0.05, 0.1) is 16.8 Å². The van der Waals surface area contributed by atoms with Gasteiger partial charge in [-0.3, -0.25) is 4.72 Å².